The molecule has 0 amide bonds. The Balaban J connectivity index is 2.63. The number of nitro groups is 1. The Labute approximate surface area is 218 Å². The summed E-state index contributed by atoms with van der Waals surface area (Å²) in [7, 11) is -4.86. The summed E-state index contributed by atoms with van der Waals surface area (Å²) in [4.78, 5) is 21.9. The maximum absolute atomic E-state index is 14.9. The molecule has 0 radical (unpaired) electrons. The van der Waals surface area contributed by atoms with Crippen LogP contribution in [0.3, 0.4) is 0 Å². The molecule has 0 aromatic heterocycles. The summed E-state index contributed by atoms with van der Waals surface area (Å²) in [6.45, 7) is 1.41. The quantitative estimate of drug-likeness (QED) is 0.164. The van der Waals surface area contributed by atoms with Crippen LogP contribution in [0.5, 0.6) is 0 Å². The summed E-state index contributed by atoms with van der Waals surface area (Å²) in [6, 6.07) is 7.51. The minimum atomic E-state index is -5.30. The van der Waals surface area contributed by atoms with Gasteiger partial charge in [-0.2, -0.15) is 17.9 Å². The van der Waals surface area contributed by atoms with Gasteiger partial charge in [0.2, 0.25) is 10.0 Å². The molecule has 2 rings (SSSR count). The summed E-state index contributed by atoms with van der Waals surface area (Å²) in [6.07, 6.45) is -5.08. The molecule has 0 fully saturated rings. The van der Waals surface area contributed by atoms with E-state index >= 15 is 0 Å². The van der Waals surface area contributed by atoms with E-state index in [0.717, 1.165) is 31.2 Å². The zero-order valence-corrected chi connectivity index (χ0v) is 22.2. The van der Waals surface area contributed by atoms with Gasteiger partial charge in [-0.05, 0) is 44.5 Å². The smallest absolute Gasteiger partial charge is 0.428 e. The molecule has 0 saturated carbocycles. The number of para-hydroxylation sites is 1. The van der Waals surface area contributed by atoms with Crippen molar-refractivity contribution >= 4 is 37.6 Å². The van der Waals surface area contributed by atoms with Gasteiger partial charge in [-0.3, -0.25) is 10.1 Å². The minimum absolute atomic E-state index is 0.219. The summed E-state index contributed by atoms with van der Waals surface area (Å²) in [5.41, 5.74) is -7.13. The van der Waals surface area contributed by atoms with Gasteiger partial charge >= 0.3 is 12.1 Å². The van der Waals surface area contributed by atoms with E-state index < -0.39 is 66.8 Å². The molecule has 0 aliphatic heterocycles. The number of ether oxygens (including phenoxy) is 2. The number of alkyl halides is 3. The lowest BCUT2D eigenvalue weighted by atomic mass is 9.93. The first-order chi connectivity index (χ1) is 17.0. The van der Waals surface area contributed by atoms with Crippen LogP contribution < -0.4 is 4.72 Å². The fraction of sp³-hybridized carbons (Fsp3) is 0.409. The number of carbonyl (C=O) groups excluding carboxylic acids is 1. The van der Waals surface area contributed by atoms with Crippen LogP contribution in [0.25, 0.3) is 0 Å². The highest BCUT2D eigenvalue weighted by molar-refractivity contribution is 9.10. The van der Waals surface area contributed by atoms with Crippen molar-refractivity contribution in [1.82, 2.24) is 4.72 Å². The van der Waals surface area contributed by atoms with Crippen molar-refractivity contribution in [3.05, 3.63) is 68.4 Å². The number of sulfonamides is 1. The maximum atomic E-state index is 14.9. The van der Waals surface area contributed by atoms with Crippen LogP contribution in [0.2, 0.25) is 0 Å². The number of nitrogens with one attached hydrogen (secondary N) is 1. The standard InChI is InChI=1S/C22H23BrF4N2O7S/c1-4-11-35-19(30)21(3,22(25,26)27)36-13-20(2,15-12-14(23)9-10-16(15)24)28-37(33,34)18-8-6-5-7-17(18)29(31)32/h5-10,12,28H,4,11,13H2,1-3H3/t20-,21+/m0/s1. The second-order valence-corrected chi connectivity index (χ2v) is 10.8. The van der Waals surface area contributed by atoms with E-state index in [1.807, 2.05) is 4.72 Å². The van der Waals surface area contributed by atoms with Gasteiger partial charge in [0, 0.05) is 16.1 Å². The van der Waals surface area contributed by atoms with E-state index in [0.29, 0.717) is 6.92 Å². The number of esters is 1. The SMILES string of the molecule is CCCOC(=O)[C@@](C)(OC[C@](C)(NS(=O)(=O)c1ccccc1[N+](=O)[O-])c1cc(Br)ccc1F)C(F)(F)F. The van der Waals surface area contributed by atoms with Crippen molar-refractivity contribution in [3.8, 4) is 0 Å². The minimum Gasteiger partial charge on any atom is -0.463 e. The van der Waals surface area contributed by atoms with Crippen LogP contribution in [-0.4, -0.2) is 44.3 Å². The predicted octanol–water partition coefficient (Wildman–Crippen LogP) is 4.98. The number of nitro benzene ring substituents is 1. The number of nitrogens with zero attached hydrogens (tertiary/aromatic N) is 1. The van der Waals surface area contributed by atoms with Crippen LogP contribution in [0.4, 0.5) is 23.2 Å². The Kier molecular flexibility index (Phi) is 9.44. The van der Waals surface area contributed by atoms with Crippen molar-refractivity contribution in [3.63, 3.8) is 0 Å². The fourth-order valence-corrected chi connectivity index (χ4v) is 5.06. The number of carbonyl (C=O) groups is 1. The number of rotatable bonds is 11. The van der Waals surface area contributed by atoms with Crippen molar-refractivity contribution in [1.29, 1.82) is 0 Å². The average molecular weight is 615 g/mol. The third-order valence-corrected chi connectivity index (χ3v) is 7.39. The lowest BCUT2D eigenvalue weighted by Gasteiger charge is -2.36. The second-order valence-electron chi connectivity index (χ2n) is 8.24. The second kappa shape index (κ2) is 11.4. The topological polar surface area (TPSA) is 125 Å². The van der Waals surface area contributed by atoms with E-state index in [4.69, 9.17) is 4.74 Å². The summed E-state index contributed by atoms with van der Waals surface area (Å²) in [5.74, 6) is -2.80. The molecule has 9 nitrogen and oxygen atoms in total. The maximum Gasteiger partial charge on any atom is 0.428 e. The van der Waals surface area contributed by atoms with Gasteiger partial charge in [-0.25, -0.2) is 17.6 Å². The van der Waals surface area contributed by atoms with Gasteiger partial charge in [-0.1, -0.05) is 35.0 Å². The van der Waals surface area contributed by atoms with E-state index in [-0.39, 0.29) is 17.5 Å². The Hall–Kier alpha value is -2.62. The predicted molar refractivity (Wildman–Crippen MR) is 127 cm³/mol. The highest BCUT2D eigenvalue weighted by atomic mass is 79.9. The third kappa shape index (κ3) is 6.83. The zero-order chi connectivity index (χ0) is 28.2. The average Bonchev–Trinajstić information content (AvgIpc) is 2.81. The van der Waals surface area contributed by atoms with Gasteiger partial charge in [-0.15, -0.1) is 0 Å². The Morgan fingerprint density at radius 3 is 2.35 bits per heavy atom. The Morgan fingerprint density at radius 1 is 1.16 bits per heavy atom. The molecular formula is C22H23BrF4N2O7S. The summed E-state index contributed by atoms with van der Waals surface area (Å²) in [5, 5.41) is 11.4. The summed E-state index contributed by atoms with van der Waals surface area (Å²) < 4.78 is 95.0. The van der Waals surface area contributed by atoms with Crippen molar-refractivity contribution in [2.24, 2.45) is 0 Å². The van der Waals surface area contributed by atoms with Gasteiger partial charge in [0.25, 0.3) is 11.3 Å². The molecule has 0 heterocycles. The van der Waals surface area contributed by atoms with Gasteiger partial charge in [0.15, 0.2) is 4.90 Å². The van der Waals surface area contributed by atoms with Crippen molar-refractivity contribution < 1.29 is 45.2 Å². The number of hydrogen-bond donors (Lipinski definition) is 1. The summed E-state index contributed by atoms with van der Waals surface area (Å²) >= 11 is 3.09. The Morgan fingerprint density at radius 2 is 1.78 bits per heavy atom. The van der Waals surface area contributed by atoms with Crippen LogP contribution in [0, 0.1) is 15.9 Å². The lowest BCUT2D eigenvalue weighted by molar-refractivity contribution is -0.387. The van der Waals surface area contributed by atoms with Gasteiger partial charge < -0.3 is 9.47 Å². The molecule has 0 aliphatic rings. The highest BCUT2D eigenvalue weighted by Crippen LogP contribution is 2.38. The first kappa shape index (κ1) is 30.6. The van der Waals surface area contributed by atoms with E-state index in [1.165, 1.54) is 18.2 Å². The normalized spacial score (nSPS) is 15.5. The molecule has 0 saturated heterocycles. The van der Waals surface area contributed by atoms with Crippen LogP contribution in [0.1, 0.15) is 32.8 Å². The molecule has 0 spiro atoms. The molecule has 2 aromatic rings. The molecule has 0 aliphatic carbocycles. The van der Waals surface area contributed by atoms with Gasteiger partial charge in [0.05, 0.1) is 23.7 Å². The molecule has 0 unspecified atom stereocenters. The third-order valence-electron chi connectivity index (χ3n) is 5.25. The molecule has 0 bridgehead atoms. The number of benzene rings is 2. The number of hydrogen-bond acceptors (Lipinski definition) is 7. The van der Waals surface area contributed by atoms with Crippen LogP contribution in [-0.2, 0) is 29.8 Å². The monoisotopic (exact) mass is 614 g/mol. The van der Waals surface area contributed by atoms with E-state index in [1.54, 1.807) is 6.92 Å². The van der Waals surface area contributed by atoms with Crippen molar-refractivity contribution in [2.45, 2.75) is 49.4 Å². The molecule has 2 aromatic carbocycles. The van der Waals surface area contributed by atoms with Crippen LogP contribution >= 0.6 is 15.9 Å². The molecule has 15 heteroatoms. The Bertz CT molecular complexity index is 1280. The molecular weight excluding hydrogens is 592 g/mol. The lowest BCUT2D eigenvalue weighted by Crippen LogP contribution is -2.56. The zero-order valence-electron chi connectivity index (χ0n) is 19.8. The first-order valence-corrected chi connectivity index (χ1v) is 12.9. The fourth-order valence-electron chi connectivity index (χ4n) is 3.15. The van der Waals surface area contributed by atoms with E-state index in [2.05, 4.69) is 20.7 Å². The molecule has 37 heavy (non-hydrogen) atoms. The molecule has 1 N–H and O–H groups in total. The van der Waals surface area contributed by atoms with Crippen molar-refractivity contribution in [2.75, 3.05) is 13.2 Å². The molecule has 2 atom stereocenters. The largest absolute Gasteiger partial charge is 0.463 e. The van der Waals surface area contributed by atoms with Crippen LogP contribution in [0.15, 0.2) is 51.8 Å². The highest BCUT2D eigenvalue weighted by Gasteiger charge is 2.60. The van der Waals surface area contributed by atoms with E-state index in [9.17, 15) is 40.9 Å². The number of halogens is 5. The first-order valence-electron chi connectivity index (χ1n) is 10.6. The molecule has 204 valence electrons. The van der Waals surface area contributed by atoms with Gasteiger partial charge in [0.1, 0.15) is 5.82 Å².